The summed E-state index contributed by atoms with van der Waals surface area (Å²) in [7, 11) is 0. The third-order valence-corrected chi connectivity index (χ3v) is 2.64. The molecule has 1 saturated heterocycles. The predicted octanol–water partition coefficient (Wildman–Crippen LogP) is 0.352. The van der Waals surface area contributed by atoms with Crippen LogP contribution in [0, 0.1) is 0 Å². The normalized spacial score (nSPS) is 27.3. The number of aliphatic hydroxyl groups is 2. The number of carbonyl (C=O) groups excluding carboxylic acids is 1. The van der Waals surface area contributed by atoms with Gasteiger partial charge in [0.2, 0.25) is 0 Å². The first kappa shape index (κ1) is 12.3. The van der Waals surface area contributed by atoms with Gasteiger partial charge < -0.3 is 19.8 Å². The fraction of sp³-hybridized carbons (Fsp3) is 0.900. The van der Waals surface area contributed by atoms with Gasteiger partial charge in [0.05, 0.1) is 12.2 Å². The Labute approximate surface area is 89.6 Å². The lowest BCUT2D eigenvalue weighted by Crippen LogP contribution is -2.34. The molecule has 1 fully saturated rings. The van der Waals surface area contributed by atoms with Crippen LogP contribution in [0.25, 0.3) is 0 Å². The van der Waals surface area contributed by atoms with Crippen molar-refractivity contribution in [1.82, 2.24) is 4.90 Å². The van der Waals surface area contributed by atoms with Crippen LogP contribution in [0.4, 0.5) is 4.79 Å². The zero-order valence-electron chi connectivity index (χ0n) is 9.11. The van der Waals surface area contributed by atoms with E-state index in [2.05, 4.69) is 0 Å². The Morgan fingerprint density at radius 1 is 1.47 bits per heavy atom. The first-order chi connectivity index (χ1) is 7.05. The summed E-state index contributed by atoms with van der Waals surface area (Å²) in [6, 6.07) is 0. The molecular weight excluding hydrogens is 198 g/mol. The molecule has 1 aliphatic heterocycles. The Morgan fingerprint density at radius 2 is 2.20 bits per heavy atom. The number of rotatable bonds is 2. The van der Waals surface area contributed by atoms with Crippen LogP contribution in [0.1, 0.15) is 26.2 Å². The van der Waals surface area contributed by atoms with Gasteiger partial charge in [0.15, 0.2) is 0 Å². The average molecular weight is 217 g/mol. The number of hydrogen-bond donors (Lipinski definition) is 2. The van der Waals surface area contributed by atoms with Crippen molar-refractivity contribution in [3.8, 4) is 0 Å². The smallest absolute Gasteiger partial charge is 0.409 e. The second-order valence-corrected chi connectivity index (χ2v) is 4.18. The molecule has 5 heteroatoms. The van der Waals surface area contributed by atoms with Gasteiger partial charge in [-0.15, -0.1) is 0 Å². The molecule has 1 heterocycles. The maximum Gasteiger partial charge on any atom is 0.409 e. The summed E-state index contributed by atoms with van der Waals surface area (Å²) < 4.78 is 4.81. The highest BCUT2D eigenvalue weighted by Gasteiger charge is 2.27. The van der Waals surface area contributed by atoms with Crippen molar-refractivity contribution in [2.75, 3.05) is 26.3 Å². The monoisotopic (exact) mass is 217 g/mol. The topological polar surface area (TPSA) is 70.0 Å². The highest BCUT2D eigenvalue weighted by molar-refractivity contribution is 5.67. The molecule has 1 aliphatic rings. The highest BCUT2D eigenvalue weighted by Crippen LogP contribution is 2.21. The van der Waals surface area contributed by atoms with Gasteiger partial charge in [-0.25, -0.2) is 4.79 Å². The number of carbonyl (C=O) groups is 1. The maximum atomic E-state index is 11.4. The number of ether oxygens (including phenoxy) is 1. The quantitative estimate of drug-likeness (QED) is 0.700. The molecule has 0 aromatic carbocycles. The number of aliphatic hydroxyl groups excluding tert-OH is 1. The van der Waals surface area contributed by atoms with Gasteiger partial charge in [-0.1, -0.05) is 0 Å². The Bertz CT molecular complexity index is 217. The van der Waals surface area contributed by atoms with Crippen LogP contribution in [0.15, 0.2) is 0 Å². The molecule has 88 valence electrons. The van der Waals surface area contributed by atoms with E-state index in [1.807, 2.05) is 0 Å². The van der Waals surface area contributed by atoms with Crippen LogP contribution in [-0.2, 0) is 4.74 Å². The van der Waals surface area contributed by atoms with Crippen LogP contribution in [-0.4, -0.2) is 53.1 Å². The molecule has 5 nitrogen and oxygen atoms in total. The third-order valence-electron chi connectivity index (χ3n) is 2.64. The third kappa shape index (κ3) is 4.05. The van der Waals surface area contributed by atoms with Gasteiger partial charge in [0, 0.05) is 13.1 Å². The van der Waals surface area contributed by atoms with Crippen LogP contribution < -0.4 is 0 Å². The van der Waals surface area contributed by atoms with Crippen molar-refractivity contribution in [2.45, 2.75) is 31.8 Å². The summed E-state index contributed by atoms with van der Waals surface area (Å²) in [5, 5.41) is 18.3. The fourth-order valence-electron chi connectivity index (χ4n) is 1.67. The molecule has 0 bridgehead atoms. The van der Waals surface area contributed by atoms with Crippen molar-refractivity contribution in [2.24, 2.45) is 0 Å². The average Bonchev–Trinajstić information content (AvgIpc) is 2.36. The first-order valence-corrected chi connectivity index (χ1v) is 5.30. The van der Waals surface area contributed by atoms with E-state index in [9.17, 15) is 9.90 Å². The Hall–Kier alpha value is -0.810. The highest BCUT2D eigenvalue weighted by atomic mass is 16.6. The van der Waals surface area contributed by atoms with Crippen molar-refractivity contribution in [3.63, 3.8) is 0 Å². The summed E-state index contributed by atoms with van der Waals surface area (Å²) >= 11 is 0. The number of amides is 1. The Kier molecular flexibility index (Phi) is 4.35. The summed E-state index contributed by atoms with van der Waals surface area (Å²) in [5.41, 5.74) is -0.675. The summed E-state index contributed by atoms with van der Waals surface area (Å²) in [6.45, 7) is 2.79. The van der Waals surface area contributed by atoms with Crippen LogP contribution >= 0.6 is 0 Å². The molecular formula is C10H19NO4. The van der Waals surface area contributed by atoms with Crippen LogP contribution in [0.2, 0.25) is 0 Å². The Balaban J connectivity index is 2.40. The van der Waals surface area contributed by atoms with E-state index in [0.717, 1.165) is 6.42 Å². The molecule has 0 spiro atoms. The molecule has 0 saturated carbocycles. The van der Waals surface area contributed by atoms with Gasteiger partial charge in [-0.2, -0.15) is 0 Å². The summed E-state index contributed by atoms with van der Waals surface area (Å²) in [4.78, 5) is 13.0. The molecule has 1 rings (SSSR count). The molecule has 0 aromatic heterocycles. The zero-order chi connectivity index (χ0) is 11.3. The van der Waals surface area contributed by atoms with E-state index in [-0.39, 0.29) is 13.2 Å². The van der Waals surface area contributed by atoms with Gasteiger partial charge in [0.1, 0.15) is 6.61 Å². The number of likely N-dealkylation sites (tertiary alicyclic amines) is 1. The minimum absolute atomic E-state index is 0.0335. The molecule has 15 heavy (non-hydrogen) atoms. The summed E-state index contributed by atoms with van der Waals surface area (Å²) in [6.07, 6.45) is 1.65. The van der Waals surface area contributed by atoms with E-state index in [0.29, 0.717) is 25.9 Å². The molecule has 0 radical (unpaired) electrons. The standard InChI is InChI=1S/C10H19NO4/c1-10(14)3-2-5-11(6-4-10)9(13)15-8-7-12/h12,14H,2-8H2,1H3. The Morgan fingerprint density at radius 3 is 2.87 bits per heavy atom. The van der Waals surface area contributed by atoms with Gasteiger partial charge in [0.25, 0.3) is 0 Å². The molecule has 1 amide bonds. The van der Waals surface area contributed by atoms with Crippen molar-refractivity contribution in [3.05, 3.63) is 0 Å². The van der Waals surface area contributed by atoms with Crippen LogP contribution in [0.3, 0.4) is 0 Å². The lowest BCUT2D eigenvalue weighted by Gasteiger charge is -2.21. The van der Waals surface area contributed by atoms with Gasteiger partial charge in [-0.05, 0) is 26.2 Å². The maximum absolute atomic E-state index is 11.4. The number of nitrogens with zero attached hydrogens (tertiary/aromatic N) is 1. The van der Waals surface area contributed by atoms with E-state index < -0.39 is 11.7 Å². The zero-order valence-corrected chi connectivity index (χ0v) is 9.11. The first-order valence-electron chi connectivity index (χ1n) is 5.30. The molecule has 0 aromatic rings. The predicted molar refractivity (Wildman–Crippen MR) is 54.5 cm³/mol. The molecule has 1 atom stereocenters. The molecule has 0 aliphatic carbocycles. The lowest BCUT2D eigenvalue weighted by atomic mass is 9.98. The fourth-order valence-corrected chi connectivity index (χ4v) is 1.67. The van der Waals surface area contributed by atoms with E-state index in [1.165, 1.54) is 0 Å². The lowest BCUT2D eigenvalue weighted by molar-refractivity contribution is 0.0429. The van der Waals surface area contributed by atoms with Crippen LogP contribution in [0.5, 0.6) is 0 Å². The molecule has 2 N–H and O–H groups in total. The minimum Gasteiger partial charge on any atom is -0.447 e. The van der Waals surface area contributed by atoms with Crippen molar-refractivity contribution < 1.29 is 19.7 Å². The molecule has 1 unspecified atom stereocenters. The second-order valence-electron chi connectivity index (χ2n) is 4.18. The summed E-state index contributed by atoms with van der Waals surface area (Å²) in [5.74, 6) is 0. The second kappa shape index (κ2) is 5.32. The number of hydrogen-bond acceptors (Lipinski definition) is 4. The van der Waals surface area contributed by atoms with Crippen molar-refractivity contribution >= 4 is 6.09 Å². The SMILES string of the molecule is CC1(O)CCCN(C(=O)OCCO)CC1. The largest absolute Gasteiger partial charge is 0.447 e. The van der Waals surface area contributed by atoms with E-state index in [1.54, 1.807) is 11.8 Å². The van der Waals surface area contributed by atoms with E-state index in [4.69, 9.17) is 9.84 Å². The van der Waals surface area contributed by atoms with Gasteiger partial charge in [-0.3, -0.25) is 0 Å². The minimum atomic E-state index is -0.675. The van der Waals surface area contributed by atoms with Crippen molar-refractivity contribution in [1.29, 1.82) is 0 Å². The van der Waals surface area contributed by atoms with Gasteiger partial charge >= 0.3 is 6.09 Å². The van der Waals surface area contributed by atoms with E-state index >= 15 is 0 Å².